The Bertz CT molecular complexity index is 42.1. The van der Waals surface area contributed by atoms with Gasteiger partial charge in [-0.05, 0) is 0 Å². The van der Waals surface area contributed by atoms with Crippen LogP contribution < -0.4 is 10.6 Å². The Labute approximate surface area is 33.0 Å². The lowest BCUT2D eigenvalue weighted by Gasteiger charge is -1.77. The predicted octanol–water partition coefficient (Wildman–Crippen LogP) is -0.863. The molecular formula is C3H8N2. The van der Waals surface area contributed by atoms with Crippen molar-refractivity contribution >= 4 is 0 Å². The summed E-state index contributed by atoms with van der Waals surface area (Å²) in [5.41, 5.74) is 0. The summed E-state index contributed by atoms with van der Waals surface area (Å²) in [4.78, 5) is 0. The van der Waals surface area contributed by atoms with E-state index in [-0.39, 0.29) is 0 Å². The van der Waals surface area contributed by atoms with Crippen LogP contribution >= 0.6 is 0 Å². The molecule has 1 heterocycles. The van der Waals surface area contributed by atoms with Gasteiger partial charge >= 0.3 is 0 Å². The number of rotatable bonds is 0. The van der Waals surface area contributed by atoms with Crippen molar-refractivity contribution in [3.8, 4) is 0 Å². The minimum Gasteiger partial charge on any atom is -0.303 e. The number of hydrogen-bond donors (Lipinski definition) is 2. The monoisotopic (exact) mass is 73.1 g/mol. The molecule has 0 unspecified atom stereocenters. The summed E-state index contributed by atoms with van der Waals surface area (Å²) in [6.45, 7) is 2.59. The van der Waals surface area contributed by atoms with Gasteiger partial charge in [0.05, 0.1) is 0 Å². The fourth-order valence-electron chi connectivity index (χ4n) is 0.395. The van der Waals surface area contributed by atoms with Crippen molar-refractivity contribution in [2.24, 2.45) is 0 Å². The van der Waals surface area contributed by atoms with Crippen molar-refractivity contribution in [3.63, 3.8) is 0 Å². The molecule has 1 saturated heterocycles. The Morgan fingerprint density at radius 1 is 1.60 bits per heavy atom. The average molecular weight is 73.1 g/mol. The quantitative estimate of drug-likeness (QED) is 0.390. The topological polar surface area (TPSA) is 24.1 Å². The summed E-state index contributed by atoms with van der Waals surface area (Å²) in [6.07, 6.45) is 0. The molecule has 1 fully saturated rings. The maximum Gasteiger partial charge on any atom is 0.124 e. The van der Waals surface area contributed by atoms with E-state index in [4.69, 9.17) is 1.41 Å². The van der Waals surface area contributed by atoms with Crippen LogP contribution in [0.25, 0.3) is 0 Å². The van der Waals surface area contributed by atoms with Crippen molar-refractivity contribution in [2.45, 2.75) is 0 Å². The summed E-state index contributed by atoms with van der Waals surface area (Å²) in [5, 5.41) is 4.51. The molecule has 0 amide bonds. The van der Waals surface area contributed by atoms with Crippen LogP contribution in [-0.4, -0.2) is 19.8 Å². The summed E-state index contributed by atoms with van der Waals surface area (Å²) in [7, 11) is 0. The Kier molecular flexibility index (Phi) is 0.596. The lowest BCUT2D eigenvalue weighted by atomic mass is 10.7. The average Bonchev–Trinajstić information content (AvgIpc) is 1.86. The van der Waals surface area contributed by atoms with Gasteiger partial charge in [-0.15, -0.1) is 0 Å². The zero-order valence-corrected chi connectivity index (χ0v) is 3.07. The molecule has 2 heteroatoms. The molecule has 0 atom stereocenters. The van der Waals surface area contributed by atoms with Crippen LogP contribution in [0.3, 0.4) is 0 Å². The molecule has 0 saturated carbocycles. The SMILES string of the molecule is [2H]N1CCNC1. The number of hydrogen-bond acceptors (Lipinski definition) is 2. The molecule has 0 aliphatic carbocycles. The first-order valence-electron chi connectivity index (χ1n) is 2.29. The maximum atomic E-state index is 6.90. The van der Waals surface area contributed by atoms with Gasteiger partial charge in [-0.25, -0.2) is 0 Å². The summed E-state index contributed by atoms with van der Waals surface area (Å²) >= 11 is 0. The third kappa shape index (κ3) is 0.597. The molecule has 30 valence electrons. The van der Waals surface area contributed by atoms with Gasteiger partial charge in [-0.3, -0.25) is 0 Å². The second-order valence-corrected chi connectivity index (χ2v) is 1.11. The Hall–Kier alpha value is -0.0800. The fraction of sp³-hybridized carbons (Fsp3) is 1.00. The molecular weight excluding hydrogens is 64.0 g/mol. The normalized spacial score (nSPS) is 30.8. The Balaban J connectivity index is 2.18. The van der Waals surface area contributed by atoms with Crippen molar-refractivity contribution < 1.29 is 1.41 Å². The fourth-order valence-corrected chi connectivity index (χ4v) is 0.395. The summed E-state index contributed by atoms with van der Waals surface area (Å²) < 4.78 is 6.90. The molecule has 1 aliphatic heterocycles. The molecule has 2 nitrogen and oxygen atoms in total. The first-order chi connectivity index (χ1) is 2.89. The molecule has 0 aromatic heterocycles. The molecule has 1 aliphatic rings. The van der Waals surface area contributed by atoms with Crippen LogP contribution in [0.15, 0.2) is 0 Å². The van der Waals surface area contributed by atoms with Gasteiger partial charge in [0, 0.05) is 19.8 Å². The second-order valence-electron chi connectivity index (χ2n) is 1.11. The molecule has 2 N–H and O–H groups in total. The second kappa shape index (κ2) is 1.38. The minimum absolute atomic E-state index is 0.736. The van der Waals surface area contributed by atoms with E-state index in [9.17, 15) is 0 Å². The van der Waals surface area contributed by atoms with Gasteiger partial charge in [0.25, 0.3) is 0 Å². The van der Waals surface area contributed by atoms with Crippen LogP contribution in [0.4, 0.5) is 0 Å². The Morgan fingerprint density at radius 3 is 2.80 bits per heavy atom. The lowest BCUT2D eigenvalue weighted by Crippen LogP contribution is -2.11. The smallest absolute Gasteiger partial charge is 0.124 e. The molecule has 0 radical (unpaired) electrons. The number of nitrogens with one attached hydrogen (secondary N) is 2. The molecule has 0 bridgehead atoms. The highest BCUT2D eigenvalue weighted by Gasteiger charge is 1.90. The summed E-state index contributed by atoms with van der Waals surface area (Å²) in [5.74, 6) is 0. The van der Waals surface area contributed by atoms with Crippen molar-refractivity contribution in [3.05, 3.63) is 0 Å². The Morgan fingerprint density at radius 2 is 2.60 bits per heavy atom. The van der Waals surface area contributed by atoms with E-state index in [2.05, 4.69) is 5.32 Å². The third-order valence-corrected chi connectivity index (χ3v) is 0.670. The highest BCUT2D eigenvalue weighted by molar-refractivity contribution is 4.55. The van der Waals surface area contributed by atoms with Gasteiger partial charge in [-0.2, -0.15) is 0 Å². The van der Waals surface area contributed by atoms with E-state index in [1.54, 1.807) is 0 Å². The molecule has 5 heavy (non-hydrogen) atoms. The van der Waals surface area contributed by atoms with Crippen LogP contribution in [0.2, 0.25) is 1.41 Å². The molecule has 0 aromatic rings. The van der Waals surface area contributed by atoms with Crippen molar-refractivity contribution in [1.29, 1.82) is 0 Å². The van der Waals surface area contributed by atoms with Crippen LogP contribution in [-0.2, 0) is 0 Å². The van der Waals surface area contributed by atoms with E-state index in [1.807, 2.05) is 0 Å². The van der Waals surface area contributed by atoms with Gasteiger partial charge in [0.2, 0.25) is 0 Å². The van der Waals surface area contributed by atoms with E-state index >= 15 is 0 Å². The standard InChI is InChI=1S/C3H8N2/c1-2-5-3-4-1/h4-5H,1-3H2/i/hD. The highest BCUT2D eigenvalue weighted by Crippen LogP contribution is 1.62. The zero-order chi connectivity index (χ0) is 4.41. The van der Waals surface area contributed by atoms with E-state index in [1.165, 1.54) is 5.31 Å². The van der Waals surface area contributed by atoms with Crippen molar-refractivity contribution in [2.75, 3.05) is 19.8 Å². The maximum absolute atomic E-state index is 6.90. The summed E-state index contributed by atoms with van der Waals surface area (Å²) in [6, 6.07) is 0. The highest BCUT2D eigenvalue weighted by atomic mass is 15.1. The van der Waals surface area contributed by atoms with Crippen LogP contribution in [0, 0.1) is 0 Å². The first-order valence-corrected chi connectivity index (χ1v) is 1.84. The van der Waals surface area contributed by atoms with E-state index < -0.39 is 0 Å². The minimum atomic E-state index is 0.736. The molecule has 1 rings (SSSR count). The largest absolute Gasteiger partial charge is 0.303 e. The predicted molar refractivity (Wildman–Crippen MR) is 20.9 cm³/mol. The van der Waals surface area contributed by atoms with Crippen LogP contribution in [0.5, 0.6) is 0 Å². The molecule has 0 spiro atoms. The van der Waals surface area contributed by atoms with Gasteiger partial charge in [-0.1, -0.05) is 0 Å². The van der Waals surface area contributed by atoms with Gasteiger partial charge in [0.15, 0.2) is 0 Å². The first kappa shape index (κ1) is 2.16. The van der Waals surface area contributed by atoms with Gasteiger partial charge in [0.1, 0.15) is 1.41 Å². The molecule has 0 aromatic carbocycles. The zero-order valence-electron chi connectivity index (χ0n) is 4.07. The lowest BCUT2D eigenvalue weighted by molar-refractivity contribution is 0.807. The van der Waals surface area contributed by atoms with E-state index in [0.29, 0.717) is 0 Å². The van der Waals surface area contributed by atoms with E-state index in [0.717, 1.165) is 19.8 Å². The van der Waals surface area contributed by atoms with Gasteiger partial charge < -0.3 is 10.6 Å². The third-order valence-electron chi connectivity index (χ3n) is 0.670. The van der Waals surface area contributed by atoms with Crippen LogP contribution in [0.1, 0.15) is 0 Å². The van der Waals surface area contributed by atoms with Crippen molar-refractivity contribution in [1.82, 2.24) is 10.6 Å².